The summed E-state index contributed by atoms with van der Waals surface area (Å²) in [7, 11) is 0. The van der Waals surface area contributed by atoms with E-state index in [0.717, 1.165) is 11.1 Å². The quantitative estimate of drug-likeness (QED) is 0.763. The lowest BCUT2D eigenvalue weighted by Gasteiger charge is -2.10. The fourth-order valence-corrected chi connectivity index (χ4v) is 2.09. The van der Waals surface area contributed by atoms with Crippen molar-refractivity contribution < 1.29 is 14.0 Å². The number of carbonyl (C=O) groups is 2. The van der Waals surface area contributed by atoms with Crippen LogP contribution in [0.5, 0.6) is 0 Å². The first-order valence-corrected chi connectivity index (χ1v) is 7.57. The number of rotatable bonds is 6. The molecule has 6 heteroatoms. The number of anilines is 2. The molecule has 0 aromatic heterocycles. The van der Waals surface area contributed by atoms with Crippen molar-refractivity contribution in [2.45, 2.75) is 20.4 Å². The summed E-state index contributed by atoms with van der Waals surface area (Å²) >= 11 is 0. The van der Waals surface area contributed by atoms with E-state index in [4.69, 9.17) is 0 Å². The van der Waals surface area contributed by atoms with Gasteiger partial charge in [-0.25, -0.2) is 4.39 Å². The summed E-state index contributed by atoms with van der Waals surface area (Å²) in [5, 5.41) is 8.06. The Balaban J connectivity index is 1.86. The molecule has 3 N–H and O–H groups in total. The van der Waals surface area contributed by atoms with Gasteiger partial charge in [-0.05, 0) is 30.7 Å². The Labute approximate surface area is 140 Å². The van der Waals surface area contributed by atoms with Crippen molar-refractivity contribution in [3.63, 3.8) is 0 Å². The number of aryl methyl sites for hydroxylation is 1. The molecule has 0 saturated heterocycles. The van der Waals surface area contributed by atoms with Gasteiger partial charge >= 0.3 is 0 Å². The number of benzene rings is 2. The van der Waals surface area contributed by atoms with Crippen LogP contribution < -0.4 is 16.0 Å². The molecule has 126 valence electrons. The maximum atomic E-state index is 13.7. The van der Waals surface area contributed by atoms with Gasteiger partial charge in [-0.15, -0.1) is 0 Å². The molecule has 2 rings (SSSR count). The zero-order valence-electron chi connectivity index (χ0n) is 13.7. The van der Waals surface area contributed by atoms with Crippen LogP contribution in [0.15, 0.2) is 42.5 Å². The highest BCUT2D eigenvalue weighted by atomic mass is 19.1. The minimum atomic E-state index is -0.490. The number of hydrogen-bond donors (Lipinski definition) is 3. The van der Waals surface area contributed by atoms with Crippen LogP contribution in [0.3, 0.4) is 0 Å². The second-order valence-electron chi connectivity index (χ2n) is 5.49. The first-order chi connectivity index (χ1) is 11.4. The summed E-state index contributed by atoms with van der Waals surface area (Å²) in [4.78, 5) is 22.9. The Morgan fingerprint density at radius 2 is 1.79 bits per heavy atom. The van der Waals surface area contributed by atoms with E-state index in [2.05, 4.69) is 16.0 Å². The first-order valence-electron chi connectivity index (χ1n) is 7.57. The van der Waals surface area contributed by atoms with E-state index in [1.807, 2.05) is 31.2 Å². The Hall–Kier alpha value is -2.89. The van der Waals surface area contributed by atoms with Crippen molar-refractivity contribution in [2.24, 2.45) is 0 Å². The van der Waals surface area contributed by atoms with Gasteiger partial charge in [0.05, 0.1) is 12.2 Å². The lowest BCUT2D eigenvalue weighted by atomic mass is 10.1. The average Bonchev–Trinajstić information content (AvgIpc) is 2.54. The van der Waals surface area contributed by atoms with E-state index >= 15 is 0 Å². The number of carbonyl (C=O) groups excluding carboxylic acids is 2. The molecule has 2 amide bonds. The van der Waals surface area contributed by atoms with Crippen LogP contribution in [0.1, 0.15) is 18.1 Å². The van der Waals surface area contributed by atoms with Crippen molar-refractivity contribution in [2.75, 3.05) is 17.2 Å². The molecular formula is C18H20FN3O2. The third kappa shape index (κ3) is 5.39. The highest BCUT2D eigenvalue weighted by Crippen LogP contribution is 2.19. The number of halogens is 1. The largest absolute Gasteiger partial charge is 0.374 e. The van der Waals surface area contributed by atoms with E-state index in [0.29, 0.717) is 12.2 Å². The molecular weight excluding hydrogens is 309 g/mol. The van der Waals surface area contributed by atoms with E-state index in [1.54, 1.807) is 0 Å². The van der Waals surface area contributed by atoms with Gasteiger partial charge in [-0.2, -0.15) is 0 Å². The molecule has 0 aliphatic rings. The zero-order valence-corrected chi connectivity index (χ0v) is 13.7. The molecule has 0 unspecified atom stereocenters. The van der Waals surface area contributed by atoms with Crippen LogP contribution >= 0.6 is 0 Å². The van der Waals surface area contributed by atoms with Crippen molar-refractivity contribution in [3.8, 4) is 0 Å². The van der Waals surface area contributed by atoms with Gasteiger partial charge in [0.2, 0.25) is 11.8 Å². The van der Waals surface area contributed by atoms with Gasteiger partial charge in [0.15, 0.2) is 0 Å². The Kier molecular flexibility index (Phi) is 5.89. The monoisotopic (exact) mass is 329 g/mol. The van der Waals surface area contributed by atoms with E-state index in [9.17, 15) is 14.0 Å². The van der Waals surface area contributed by atoms with Crippen LogP contribution in [0.25, 0.3) is 0 Å². The van der Waals surface area contributed by atoms with Crippen molar-refractivity contribution in [3.05, 3.63) is 59.4 Å². The first kappa shape index (κ1) is 17.5. The molecule has 0 heterocycles. The van der Waals surface area contributed by atoms with E-state index < -0.39 is 5.82 Å². The van der Waals surface area contributed by atoms with Crippen LogP contribution in [0, 0.1) is 12.7 Å². The predicted molar refractivity (Wildman–Crippen MR) is 92.2 cm³/mol. The second kappa shape index (κ2) is 8.10. The maximum absolute atomic E-state index is 13.7. The normalized spacial score (nSPS) is 10.1. The van der Waals surface area contributed by atoms with Gasteiger partial charge < -0.3 is 16.0 Å². The molecule has 2 aromatic carbocycles. The molecule has 5 nitrogen and oxygen atoms in total. The summed E-state index contributed by atoms with van der Waals surface area (Å²) in [5.74, 6) is -0.987. The topological polar surface area (TPSA) is 70.2 Å². The third-order valence-corrected chi connectivity index (χ3v) is 3.34. The Morgan fingerprint density at radius 1 is 1.08 bits per heavy atom. The molecule has 0 fully saturated rings. The molecule has 0 radical (unpaired) electrons. The standard InChI is InChI=1S/C18H20FN3O2/c1-12-3-5-14(6-4-12)10-21-18(24)11-20-17-9-15(22-13(2)23)7-8-16(17)19/h3-9,20H,10-11H2,1-2H3,(H,21,24)(H,22,23). The Bertz CT molecular complexity index is 730. The van der Waals surface area contributed by atoms with Crippen LogP contribution in [-0.4, -0.2) is 18.4 Å². The van der Waals surface area contributed by atoms with Crippen LogP contribution in [-0.2, 0) is 16.1 Å². The number of nitrogens with one attached hydrogen (secondary N) is 3. The molecule has 0 atom stereocenters. The average molecular weight is 329 g/mol. The SMILES string of the molecule is CC(=O)Nc1ccc(F)c(NCC(=O)NCc2ccc(C)cc2)c1. The van der Waals surface area contributed by atoms with Crippen molar-refractivity contribution in [1.29, 1.82) is 0 Å². The zero-order chi connectivity index (χ0) is 17.5. The van der Waals surface area contributed by atoms with Crippen LogP contribution in [0.4, 0.5) is 15.8 Å². The summed E-state index contributed by atoms with van der Waals surface area (Å²) in [6.07, 6.45) is 0. The molecule has 0 spiro atoms. The lowest BCUT2D eigenvalue weighted by molar-refractivity contribution is -0.119. The summed E-state index contributed by atoms with van der Waals surface area (Å²) in [5.41, 5.74) is 2.77. The highest BCUT2D eigenvalue weighted by molar-refractivity contribution is 5.89. The predicted octanol–water partition coefficient (Wildman–Crippen LogP) is 2.82. The smallest absolute Gasteiger partial charge is 0.239 e. The minimum absolute atomic E-state index is 0.0632. The summed E-state index contributed by atoms with van der Waals surface area (Å²) in [6.45, 7) is 3.71. The van der Waals surface area contributed by atoms with Crippen molar-refractivity contribution >= 4 is 23.2 Å². The van der Waals surface area contributed by atoms with Gasteiger partial charge in [0.25, 0.3) is 0 Å². The summed E-state index contributed by atoms with van der Waals surface area (Å²) < 4.78 is 13.7. The van der Waals surface area contributed by atoms with E-state index in [-0.39, 0.29) is 24.0 Å². The second-order valence-corrected chi connectivity index (χ2v) is 5.49. The highest BCUT2D eigenvalue weighted by Gasteiger charge is 2.07. The number of amides is 2. The molecule has 2 aromatic rings. The number of hydrogen-bond acceptors (Lipinski definition) is 3. The van der Waals surface area contributed by atoms with Crippen molar-refractivity contribution in [1.82, 2.24) is 5.32 Å². The minimum Gasteiger partial charge on any atom is -0.374 e. The Morgan fingerprint density at radius 3 is 2.46 bits per heavy atom. The van der Waals surface area contributed by atoms with Gasteiger partial charge in [0.1, 0.15) is 5.82 Å². The van der Waals surface area contributed by atoms with Gasteiger partial charge in [-0.1, -0.05) is 29.8 Å². The molecule has 24 heavy (non-hydrogen) atoms. The fraction of sp³-hybridized carbons (Fsp3) is 0.222. The summed E-state index contributed by atoms with van der Waals surface area (Å²) in [6, 6.07) is 12.0. The van der Waals surface area contributed by atoms with Gasteiger partial charge in [0, 0.05) is 19.2 Å². The molecule has 0 aliphatic heterocycles. The fourth-order valence-electron chi connectivity index (χ4n) is 2.09. The van der Waals surface area contributed by atoms with Crippen LogP contribution in [0.2, 0.25) is 0 Å². The molecule has 0 aliphatic carbocycles. The molecule has 0 saturated carbocycles. The maximum Gasteiger partial charge on any atom is 0.239 e. The lowest BCUT2D eigenvalue weighted by Crippen LogP contribution is -2.29. The molecule has 0 bridgehead atoms. The third-order valence-electron chi connectivity index (χ3n) is 3.34. The van der Waals surface area contributed by atoms with E-state index in [1.165, 1.54) is 25.1 Å². The van der Waals surface area contributed by atoms with Gasteiger partial charge in [-0.3, -0.25) is 9.59 Å².